The number of pyridine rings is 1. The molecule has 9 aromatic carbocycles. The van der Waals surface area contributed by atoms with Crippen LogP contribution >= 0.6 is 0 Å². The number of imidazole rings is 1. The zero-order chi connectivity index (χ0) is 50.6. The fraction of sp³-hybridized carbons (Fsp3) is 0.176. The highest BCUT2D eigenvalue weighted by Gasteiger charge is 2.31. The number of aromatic nitrogens is 3. The normalized spacial score (nSPS) is 12.5. The van der Waals surface area contributed by atoms with Gasteiger partial charge in [0.1, 0.15) is 22.7 Å². The molecular formula is C68H59N3O2. The largest absolute Gasteiger partial charge is 0.507 e. The molecule has 12 aromatic rings. The van der Waals surface area contributed by atoms with Gasteiger partial charge in [0.25, 0.3) is 0 Å². The van der Waals surface area contributed by atoms with Crippen LogP contribution in [-0.2, 0) is 16.2 Å². The number of hydrogen-bond acceptors (Lipinski definition) is 4. The van der Waals surface area contributed by atoms with Crippen molar-refractivity contribution in [1.82, 2.24) is 14.5 Å². The van der Waals surface area contributed by atoms with Crippen molar-refractivity contribution in [2.24, 2.45) is 0 Å². The molecule has 0 aliphatic rings. The molecule has 0 bridgehead atoms. The Morgan fingerprint density at radius 3 is 1.75 bits per heavy atom. The lowest BCUT2D eigenvalue weighted by molar-refractivity contribution is 0.446. The lowest BCUT2D eigenvalue weighted by Crippen LogP contribution is -2.17. The van der Waals surface area contributed by atoms with Crippen LogP contribution in [-0.4, -0.2) is 19.6 Å². The summed E-state index contributed by atoms with van der Waals surface area (Å²) in [5.74, 6) is 0.888. The summed E-state index contributed by atoms with van der Waals surface area (Å²) in [6, 6.07) is 64.8. The number of phenols is 1. The van der Waals surface area contributed by atoms with Crippen molar-refractivity contribution in [1.29, 1.82) is 0 Å². The van der Waals surface area contributed by atoms with E-state index in [9.17, 15) is 5.11 Å². The molecule has 3 heterocycles. The minimum absolute atomic E-state index is 0.106. The van der Waals surface area contributed by atoms with Gasteiger partial charge in [-0.3, -0.25) is 9.55 Å². The minimum Gasteiger partial charge on any atom is -0.507 e. The van der Waals surface area contributed by atoms with E-state index in [4.69, 9.17) is 14.4 Å². The monoisotopic (exact) mass is 949 g/mol. The first-order valence-electron chi connectivity index (χ1n) is 25.4. The van der Waals surface area contributed by atoms with Crippen LogP contribution in [0.2, 0.25) is 0 Å². The van der Waals surface area contributed by atoms with Gasteiger partial charge in [-0.15, -0.1) is 0 Å². The summed E-state index contributed by atoms with van der Waals surface area (Å²) in [5.41, 5.74) is 15.5. The standard InChI is InChI=1S/C68H59N3O2/c1-66(2,3)45-31-32-58(52(38-45)42-23-14-11-15-24-42)71-59-30-20-29-50(61(59)70-65(71)55-39-46(67(4,5)6)40-56(62(55)72)68(7,8)9)53-35-44(57-37-43(33-34-69-57)41-21-12-10-13-22-41)36-54-60-49-27-18-16-25-47(49)48-26-17-19-28-51(48)64(60)73-63(53)54/h10-40,72H,1-9H3. The van der Waals surface area contributed by atoms with Crippen molar-refractivity contribution >= 4 is 54.5 Å². The second-order valence-electron chi connectivity index (χ2n) is 22.8. The molecule has 12 rings (SSSR count). The van der Waals surface area contributed by atoms with Crippen molar-refractivity contribution in [3.8, 4) is 67.5 Å². The Hall–Kier alpha value is -8.28. The number of aromatic hydroxyl groups is 1. The molecular weight excluding hydrogens is 891 g/mol. The van der Waals surface area contributed by atoms with Crippen molar-refractivity contribution in [2.45, 2.75) is 78.6 Å². The van der Waals surface area contributed by atoms with Crippen LogP contribution in [0.1, 0.15) is 79.0 Å². The summed E-state index contributed by atoms with van der Waals surface area (Å²) in [6.07, 6.45) is 1.91. The van der Waals surface area contributed by atoms with Crippen LogP contribution in [0.25, 0.3) is 116 Å². The van der Waals surface area contributed by atoms with Crippen molar-refractivity contribution in [3.05, 3.63) is 205 Å². The molecule has 358 valence electrons. The van der Waals surface area contributed by atoms with Crippen LogP contribution in [0.15, 0.2) is 193 Å². The van der Waals surface area contributed by atoms with E-state index in [-0.39, 0.29) is 22.0 Å². The van der Waals surface area contributed by atoms with Gasteiger partial charge in [-0.1, -0.05) is 196 Å². The van der Waals surface area contributed by atoms with Gasteiger partial charge in [-0.2, -0.15) is 0 Å². The van der Waals surface area contributed by atoms with Gasteiger partial charge in [-0.25, -0.2) is 4.98 Å². The number of furan rings is 1. The van der Waals surface area contributed by atoms with E-state index in [1.54, 1.807) is 0 Å². The summed E-state index contributed by atoms with van der Waals surface area (Å²) >= 11 is 0. The number of nitrogens with zero attached hydrogens (tertiary/aromatic N) is 3. The SMILES string of the molecule is CC(C)(C)c1ccc(-n2c(-c3cc(C(C)(C)C)cc(C(C)(C)C)c3O)nc3c(-c4cc(-c5cc(-c6ccccc6)ccn5)cc5c4oc4c6ccccc6c6ccccc6c54)cccc32)c(-c2ccccc2)c1. The molecule has 0 atom stereocenters. The molecule has 0 fully saturated rings. The molecule has 0 unspecified atom stereocenters. The quantitative estimate of drug-likeness (QED) is 0.169. The molecule has 5 heteroatoms. The van der Waals surface area contributed by atoms with Crippen molar-refractivity contribution < 1.29 is 9.52 Å². The minimum atomic E-state index is -0.362. The fourth-order valence-corrected chi connectivity index (χ4v) is 10.9. The van der Waals surface area contributed by atoms with Crippen LogP contribution in [0.5, 0.6) is 5.75 Å². The number of para-hydroxylation sites is 1. The predicted octanol–water partition coefficient (Wildman–Crippen LogP) is 18.6. The first-order valence-corrected chi connectivity index (χ1v) is 25.4. The van der Waals surface area contributed by atoms with Gasteiger partial charge in [-0.05, 0) is 109 Å². The lowest BCUT2D eigenvalue weighted by Gasteiger charge is -2.28. The zero-order valence-corrected chi connectivity index (χ0v) is 43.1. The Morgan fingerprint density at radius 1 is 0.438 bits per heavy atom. The van der Waals surface area contributed by atoms with E-state index >= 15 is 0 Å². The van der Waals surface area contributed by atoms with Gasteiger partial charge >= 0.3 is 0 Å². The van der Waals surface area contributed by atoms with Gasteiger partial charge in [0.15, 0.2) is 0 Å². The number of fused-ring (bicyclic) bond motifs is 9. The molecule has 0 amide bonds. The molecule has 73 heavy (non-hydrogen) atoms. The Bertz CT molecular complexity index is 4140. The summed E-state index contributed by atoms with van der Waals surface area (Å²) in [5, 5.41) is 19.4. The topological polar surface area (TPSA) is 64.1 Å². The number of rotatable bonds is 6. The number of phenolic OH excluding ortho intramolecular Hbond substituents is 1. The first-order chi connectivity index (χ1) is 35.0. The fourth-order valence-electron chi connectivity index (χ4n) is 10.9. The third kappa shape index (κ3) is 7.77. The molecule has 0 saturated heterocycles. The van der Waals surface area contributed by atoms with E-state index in [0.29, 0.717) is 11.4 Å². The van der Waals surface area contributed by atoms with E-state index in [2.05, 4.69) is 243 Å². The van der Waals surface area contributed by atoms with Crippen LogP contribution in [0, 0.1) is 0 Å². The molecule has 0 aliphatic carbocycles. The summed E-state index contributed by atoms with van der Waals surface area (Å²) < 4.78 is 9.64. The van der Waals surface area contributed by atoms with Gasteiger partial charge in [0, 0.05) is 50.2 Å². The Kier molecular flexibility index (Phi) is 10.6. The Labute approximate surface area is 427 Å². The van der Waals surface area contributed by atoms with Gasteiger partial charge in [0.2, 0.25) is 0 Å². The Balaban J connectivity index is 1.23. The molecule has 1 N–H and O–H groups in total. The van der Waals surface area contributed by atoms with E-state index in [1.807, 2.05) is 12.3 Å². The average Bonchev–Trinajstić information content (AvgIpc) is 3.98. The highest BCUT2D eigenvalue weighted by Crippen LogP contribution is 2.49. The zero-order valence-electron chi connectivity index (χ0n) is 43.1. The summed E-state index contributed by atoms with van der Waals surface area (Å²) in [7, 11) is 0. The van der Waals surface area contributed by atoms with Gasteiger partial charge < -0.3 is 9.52 Å². The maximum Gasteiger partial charge on any atom is 0.149 e. The molecule has 0 spiro atoms. The molecule has 3 aromatic heterocycles. The van der Waals surface area contributed by atoms with E-state index in [0.717, 1.165) is 111 Å². The second kappa shape index (κ2) is 16.9. The molecule has 5 nitrogen and oxygen atoms in total. The number of benzene rings is 9. The number of hydrogen-bond donors (Lipinski definition) is 1. The predicted molar refractivity (Wildman–Crippen MR) is 306 cm³/mol. The summed E-state index contributed by atoms with van der Waals surface area (Å²) in [6.45, 7) is 20.0. The second-order valence-corrected chi connectivity index (χ2v) is 22.8. The van der Waals surface area contributed by atoms with Crippen molar-refractivity contribution in [2.75, 3.05) is 0 Å². The van der Waals surface area contributed by atoms with E-state index in [1.165, 1.54) is 10.9 Å². The summed E-state index contributed by atoms with van der Waals surface area (Å²) in [4.78, 5) is 10.9. The molecule has 0 radical (unpaired) electrons. The average molecular weight is 950 g/mol. The third-order valence-electron chi connectivity index (χ3n) is 14.8. The van der Waals surface area contributed by atoms with Crippen LogP contribution in [0.4, 0.5) is 0 Å². The lowest BCUT2D eigenvalue weighted by atomic mass is 9.79. The van der Waals surface area contributed by atoms with Gasteiger partial charge in [0.05, 0.1) is 28.0 Å². The van der Waals surface area contributed by atoms with Crippen molar-refractivity contribution in [3.63, 3.8) is 0 Å². The highest BCUT2D eigenvalue weighted by atomic mass is 16.3. The van der Waals surface area contributed by atoms with Crippen LogP contribution in [0.3, 0.4) is 0 Å². The van der Waals surface area contributed by atoms with E-state index < -0.39 is 0 Å². The highest BCUT2D eigenvalue weighted by molar-refractivity contribution is 6.31. The van der Waals surface area contributed by atoms with Crippen LogP contribution < -0.4 is 0 Å². The Morgan fingerprint density at radius 2 is 1.07 bits per heavy atom. The maximum atomic E-state index is 12.8. The molecule has 0 saturated carbocycles. The maximum absolute atomic E-state index is 12.8. The first kappa shape index (κ1) is 45.8. The smallest absolute Gasteiger partial charge is 0.149 e. The molecule has 0 aliphatic heterocycles. The third-order valence-corrected chi connectivity index (χ3v) is 14.8.